The Kier molecular flexibility index (Phi) is 6.70. The van der Waals surface area contributed by atoms with Gasteiger partial charge in [0.2, 0.25) is 5.91 Å². The van der Waals surface area contributed by atoms with Crippen molar-refractivity contribution in [2.75, 3.05) is 13.7 Å². The van der Waals surface area contributed by atoms with Crippen molar-refractivity contribution in [3.63, 3.8) is 0 Å². The first-order valence-electron chi connectivity index (χ1n) is 10.9. The molecule has 1 amide bonds. The largest absolute Gasteiger partial charge is 0.497 e. The molecule has 31 heavy (non-hydrogen) atoms. The van der Waals surface area contributed by atoms with Gasteiger partial charge in [-0.15, -0.1) is 11.3 Å². The van der Waals surface area contributed by atoms with Gasteiger partial charge < -0.3 is 14.5 Å². The molecule has 0 unspecified atom stereocenters. The van der Waals surface area contributed by atoms with Crippen LogP contribution in [-0.2, 0) is 30.5 Å². The summed E-state index contributed by atoms with van der Waals surface area (Å²) in [5, 5.41) is 5.01. The van der Waals surface area contributed by atoms with Crippen molar-refractivity contribution in [1.82, 2.24) is 10.3 Å². The van der Waals surface area contributed by atoms with E-state index in [1.54, 1.807) is 13.2 Å². The minimum absolute atomic E-state index is 0.0490. The van der Waals surface area contributed by atoms with Crippen molar-refractivity contribution in [2.45, 2.75) is 58.3 Å². The number of nitrogens with one attached hydrogen (secondary N) is 1. The average Bonchev–Trinajstić information content (AvgIpc) is 3.19. The smallest absolute Gasteiger partial charge is 0.339 e. The highest BCUT2D eigenvalue weighted by Gasteiger charge is 2.15. The lowest BCUT2D eigenvalue weighted by Crippen LogP contribution is -2.26. The van der Waals surface area contributed by atoms with Crippen LogP contribution in [-0.4, -0.2) is 24.5 Å². The van der Waals surface area contributed by atoms with Crippen molar-refractivity contribution in [3.05, 3.63) is 55.3 Å². The maximum absolute atomic E-state index is 12.4. The second-order valence-electron chi connectivity index (χ2n) is 7.99. The van der Waals surface area contributed by atoms with E-state index in [2.05, 4.69) is 5.32 Å². The second kappa shape index (κ2) is 9.64. The number of rotatable bonds is 8. The highest BCUT2D eigenvalue weighted by Crippen LogP contribution is 2.27. The van der Waals surface area contributed by atoms with E-state index in [9.17, 15) is 9.59 Å². The number of thiazole rings is 1. The molecule has 0 spiro atoms. The number of aryl methyl sites for hydroxylation is 4. The third-order valence-corrected chi connectivity index (χ3v) is 7.09. The summed E-state index contributed by atoms with van der Waals surface area (Å²) in [5.41, 5.74) is 2.81. The molecule has 0 saturated heterocycles. The van der Waals surface area contributed by atoms with Crippen LogP contribution in [0.5, 0.6) is 5.75 Å². The molecule has 3 aromatic rings. The van der Waals surface area contributed by atoms with Gasteiger partial charge in [0.25, 0.3) is 0 Å². The summed E-state index contributed by atoms with van der Waals surface area (Å²) in [6.07, 6.45) is 7.19. The molecule has 0 fully saturated rings. The molecule has 1 N–H and O–H groups in total. The number of methoxy groups -OCH3 is 1. The molecule has 1 aliphatic rings. The molecule has 0 atom stereocenters. The number of fused-ring (bicyclic) bond motifs is 2. The number of carbonyl (C=O) groups excluding carboxylic acids is 1. The monoisotopic (exact) mass is 440 g/mol. The van der Waals surface area contributed by atoms with Crippen molar-refractivity contribution in [1.29, 1.82) is 0 Å². The van der Waals surface area contributed by atoms with Gasteiger partial charge in [0.05, 0.1) is 17.8 Å². The molecular formula is C24H28N2O4S. The summed E-state index contributed by atoms with van der Waals surface area (Å²) >= 11 is 1.83. The summed E-state index contributed by atoms with van der Waals surface area (Å²) in [7, 11) is 1.57. The maximum atomic E-state index is 12.4. The standard InChI is InChI=1S/C24H28N2O4S/c1-15-17-10-9-16(29-2)14-20(17)30-24(28)18(15)11-12-22(27)25-13-5-8-23-26-19-6-3-4-7-21(19)31-23/h9-10,14H,3-8,11-13H2,1-2H3,(H,25,27). The zero-order valence-electron chi connectivity index (χ0n) is 18.1. The summed E-state index contributed by atoms with van der Waals surface area (Å²) in [6, 6.07) is 5.43. The second-order valence-corrected chi connectivity index (χ2v) is 9.16. The number of aromatic nitrogens is 1. The van der Waals surface area contributed by atoms with Gasteiger partial charge in [-0.25, -0.2) is 9.78 Å². The molecule has 4 rings (SSSR count). The van der Waals surface area contributed by atoms with E-state index in [-0.39, 0.29) is 12.3 Å². The summed E-state index contributed by atoms with van der Waals surface area (Å²) in [5.74, 6) is 0.590. The molecule has 0 aliphatic heterocycles. The summed E-state index contributed by atoms with van der Waals surface area (Å²) in [4.78, 5) is 30.9. The highest BCUT2D eigenvalue weighted by molar-refractivity contribution is 7.11. The van der Waals surface area contributed by atoms with Crippen molar-refractivity contribution >= 4 is 28.2 Å². The number of hydrogen-bond donors (Lipinski definition) is 1. The van der Waals surface area contributed by atoms with E-state index >= 15 is 0 Å². The fraction of sp³-hybridized carbons (Fsp3) is 0.458. The van der Waals surface area contributed by atoms with Crippen LogP contribution in [0.4, 0.5) is 0 Å². The molecular weight excluding hydrogens is 412 g/mol. The first-order chi connectivity index (χ1) is 15.0. The molecule has 2 aromatic heterocycles. The van der Waals surface area contributed by atoms with Gasteiger partial charge in [0.15, 0.2) is 0 Å². The van der Waals surface area contributed by atoms with E-state index < -0.39 is 5.63 Å². The van der Waals surface area contributed by atoms with Gasteiger partial charge in [-0.2, -0.15) is 0 Å². The number of benzene rings is 1. The molecule has 7 heteroatoms. The number of amides is 1. The molecule has 6 nitrogen and oxygen atoms in total. The van der Waals surface area contributed by atoms with Gasteiger partial charge >= 0.3 is 5.63 Å². The fourth-order valence-electron chi connectivity index (χ4n) is 4.10. The van der Waals surface area contributed by atoms with E-state index in [0.29, 0.717) is 29.9 Å². The molecule has 164 valence electrons. The topological polar surface area (TPSA) is 81.4 Å². The SMILES string of the molecule is COc1ccc2c(C)c(CCC(=O)NCCCc3nc4c(s3)CCCC4)c(=O)oc2c1. The molecule has 2 heterocycles. The Hall–Kier alpha value is -2.67. The molecule has 0 radical (unpaired) electrons. The van der Waals surface area contributed by atoms with E-state index in [1.807, 2.05) is 30.4 Å². The fourth-order valence-corrected chi connectivity index (χ4v) is 5.30. The van der Waals surface area contributed by atoms with E-state index in [4.69, 9.17) is 14.1 Å². The van der Waals surface area contributed by atoms with Crippen LogP contribution in [0.1, 0.15) is 52.4 Å². The van der Waals surface area contributed by atoms with Gasteiger partial charge in [0.1, 0.15) is 11.3 Å². The molecule has 1 aromatic carbocycles. The minimum atomic E-state index is -0.390. The van der Waals surface area contributed by atoms with Crippen LogP contribution in [0, 0.1) is 6.92 Å². The lowest BCUT2D eigenvalue weighted by atomic mass is 10.0. The number of hydrogen-bond acceptors (Lipinski definition) is 6. The Morgan fingerprint density at radius 3 is 2.90 bits per heavy atom. The van der Waals surface area contributed by atoms with Crippen molar-refractivity contribution < 1.29 is 13.9 Å². The number of nitrogens with zero attached hydrogens (tertiary/aromatic N) is 1. The first kappa shape index (κ1) is 21.6. The molecule has 1 aliphatic carbocycles. The lowest BCUT2D eigenvalue weighted by Gasteiger charge is -2.09. The Labute approximate surface area is 185 Å². The third-order valence-electron chi connectivity index (χ3n) is 5.88. The Balaban J connectivity index is 1.28. The Morgan fingerprint density at radius 2 is 2.10 bits per heavy atom. The predicted molar refractivity (Wildman–Crippen MR) is 122 cm³/mol. The molecule has 0 saturated carbocycles. The van der Waals surface area contributed by atoms with Crippen LogP contribution in [0.25, 0.3) is 11.0 Å². The summed E-state index contributed by atoms with van der Waals surface area (Å²) in [6.45, 7) is 2.51. The Bertz CT molecular complexity index is 1120. The zero-order chi connectivity index (χ0) is 21.8. The quantitative estimate of drug-likeness (QED) is 0.421. The summed E-state index contributed by atoms with van der Waals surface area (Å²) < 4.78 is 10.6. The van der Waals surface area contributed by atoms with Gasteiger partial charge in [-0.3, -0.25) is 4.79 Å². The predicted octanol–water partition coefficient (Wildman–Crippen LogP) is 4.13. The van der Waals surface area contributed by atoms with Crippen LogP contribution in [0.15, 0.2) is 27.4 Å². The van der Waals surface area contributed by atoms with Gasteiger partial charge in [0, 0.05) is 41.3 Å². The maximum Gasteiger partial charge on any atom is 0.339 e. The van der Waals surface area contributed by atoms with E-state index in [1.165, 1.54) is 34.8 Å². The van der Waals surface area contributed by atoms with Crippen LogP contribution in [0.2, 0.25) is 0 Å². The minimum Gasteiger partial charge on any atom is -0.497 e. The van der Waals surface area contributed by atoms with Gasteiger partial charge in [-0.05, 0) is 63.1 Å². The third kappa shape index (κ3) is 4.98. The zero-order valence-corrected chi connectivity index (χ0v) is 18.9. The lowest BCUT2D eigenvalue weighted by molar-refractivity contribution is -0.121. The molecule has 0 bridgehead atoms. The number of ether oxygens (including phenoxy) is 1. The van der Waals surface area contributed by atoms with E-state index in [0.717, 1.165) is 30.2 Å². The Morgan fingerprint density at radius 1 is 1.26 bits per heavy atom. The average molecular weight is 441 g/mol. The van der Waals surface area contributed by atoms with Crippen LogP contribution < -0.4 is 15.7 Å². The van der Waals surface area contributed by atoms with Crippen LogP contribution >= 0.6 is 11.3 Å². The van der Waals surface area contributed by atoms with Gasteiger partial charge in [-0.1, -0.05) is 0 Å². The first-order valence-corrected chi connectivity index (χ1v) is 11.7. The van der Waals surface area contributed by atoms with Crippen molar-refractivity contribution in [3.8, 4) is 5.75 Å². The number of carbonyl (C=O) groups is 1. The van der Waals surface area contributed by atoms with Crippen LogP contribution in [0.3, 0.4) is 0 Å². The van der Waals surface area contributed by atoms with Crippen molar-refractivity contribution in [2.24, 2.45) is 0 Å². The highest BCUT2D eigenvalue weighted by atomic mass is 32.1. The normalized spacial score (nSPS) is 13.2.